The van der Waals surface area contributed by atoms with Crippen molar-refractivity contribution >= 4 is 0 Å². The number of aryl methyl sites for hydroxylation is 2. The first-order valence-electron chi connectivity index (χ1n) is 10.7. The molecule has 2 fully saturated rings. The monoisotopic (exact) mass is 346 g/mol. The third kappa shape index (κ3) is 3.48. The van der Waals surface area contributed by atoms with E-state index in [1.54, 1.807) is 0 Å². The van der Waals surface area contributed by atoms with Gasteiger partial charge in [0.2, 0.25) is 0 Å². The number of fused-ring (bicyclic) bond motifs is 1. The molecule has 2 aliphatic rings. The van der Waals surface area contributed by atoms with Crippen molar-refractivity contribution in [2.75, 3.05) is 0 Å². The summed E-state index contributed by atoms with van der Waals surface area (Å²) in [6, 6.07) is 22.1. The molecule has 0 aliphatic heterocycles. The van der Waals surface area contributed by atoms with Gasteiger partial charge in [-0.2, -0.15) is 0 Å². The molecule has 0 heteroatoms. The van der Waals surface area contributed by atoms with E-state index in [1.807, 2.05) is 0 Å². The molecule has 0 spiro atoms. The van der Waals surface area contributed by atoms with E-state index < -0.39 is 0 Å². The highest BCUT2D eigenvalue weighted by atomic mass is 14.7. The van der Waals surface area contributed by atoms with Crippen LogP contribution in [0.3, 0.4) is 0 Å². The molecule has 0 radical (unpaired) electrons. The van der Waals surface area contributed by atoms with Gasteiger partial charge in [-0.25, -0.2) is 0 Å². The molecule has 0 saturated heterocycles. The summed E-state index contributed by atoms with van der Waals surface area (Å²) < 4.78 is 0. The van der Waals surface area contributed by atoms with Gasteiger partial charge in [-0.1, -0.05) is 74.5 Å². The van der Waals surface area contributed by atoms with Crippen molar-refractivity contribution in [3.63, 3.8) is 0 Å². The molecule has 0 amide bonds. The van der Waals surface area contributed by atoms with Gasteiger partial charge in [0, 0.05) is 0 Å². The van der Waals surface area contributed by atoms with Crippen LogP contribution in [0.15, 0.2) is 60.7 Å². The Hall–Kier alpha value is -1.56. The molecule has 26 heavy (non-hydrogen) atoms. The third-order valence-electron chi connectivity index (χ3n) is 7.63. The van der Waals surface area contributed by atoms with Gasteiger partial charge in [0.25, 0.3) is 0 Å². The van der Waals surface area contributed by atoms with E-state index in [0.717, 1.165) is 11.8 Å². The van der Waals surface area contributed by atoms with Gasteiger partial charge in [0.05, 0.1) is 0 Å². The van der Waals surface area contributed by atoms with E-state index in [-0.39, 0.29) is 0 Å². The second-order valence-electron chi connectivity index (χ2n) is 9.48. The van der Waals surface area contributed by atoms with Crippen molar-refractivity contribution in [1.82, 2.24) is 0 Å². The smallest absolute Gasteiger partial charge is 0.0261 e. The van der Waals surface area contributed by atoms with Gasteiger partial charge in [-0.05, 0) is 85.2 Å². The average Bonchev–Trinajstić information content (AvgIpc) is 3.01. The zero-order valence-corrected chi connectivity index (χ0v) is 16.6. The quantitative estimate of drug-likeness (QED) is 0.479. The van der Waals surface area contributed by atoms with Crippen LogP contribution in [0.5, 0.6) is 0 Å². The molecule has 0 bridgehead atoms. The highest BCUT2D eigenvalue weighted by Crippen LogP contribution is 2.75. The van der Waals surface area contributed by atoms with Crippen LogP contribution in [0.25, 0.3) is 0 Å². The van der Waals surface area contributed by atoms with E-state index in [2.05, 4.69) is 74.5 Å². The highest BCUT2D eigenvalue weighted by molar-refractivity contribution is 5.19. The molecule has 2 saturated carbocycles. The molecular formula is C26H34. The topological polar surface area (TPSA) is 0 Å². The summed E-state index contributed by atoms with van der Waals surface area (Å²) in [5, 5.41) is 0. The molecule has 2 aromatic carbocycles. The third-order valence-corrected chi connectivity index (χ3v) is 7.63. The van der Waals surface area contributed by atoms with Crippen LogP contribution in [0, 0.1) is 22.7 Å². The second-order valence-corrected chi connectivity index (χ2v) is 9.48. The van der Waals surface area contributed by atoms with E-state index in [4.69, 9.17) is 0 Å². The Labute approximate surface area is 160 Å². The highest BCUT2D eigenvalue weighted by Gasteiger charge is 2.68. The Morgan fingerprint density at radius 1 is 0.769 bits per heavy atom. The fraction of sp³-hybridized carbons (Fsp3) is 0.538. The lowest BCUT2D eigenvalue weighted by molar-refractivity contribution is 0.162. The molecule has 2 aliphatic carbocycles. The molecule has 138 valence electrons. The molecule has 0 aromatic heterocycles. The summed E-state index contributed by atoms with van der Waals surface area (Å²) in [4.78, 5) is 0. The van der Waals surface area contributed by atoms with Crippen molar-refractivity contribution < 1.29 is 0 Å². The van der Waals surface area contributed by atoms with Crippen molar-refractivity contribution in [3.8, 4) is 0 Å². The minimum atomic E-state index is 0.609. The number of rotatable bonds is 8. The minimum Gasteiger partial charge on any atom is -0.0622 e. The van der Waals surface area contributed by atoms with Crippen molar-refractivity contribution in [2.24, 2.45) is 22.7 Å². The van der Waals surface area contributed by atoms with Crippen molar-refractivity contribution in [2.45, 2.75) is 65.2 Å². The van der Waals surface area contributed by atoms with E-state index in [0.29, 0.717) is 10.8 Å². The van der Waals surface area contributed by atoms with Crippen LogP contribution in [0.4, 0.5) is 0 Å². The summed E-state index contributed by atoms with van der Waals surface area (Å²) in [6.45, 7) is 5.06. The summed E-state index contributed by atoms with van der Waals surface area (Å²) in [7, 11) is 0. The SMILES string of the molecule is CC1(C)[C@H]2CCC(CCCc3ccccc3)(CCCc3ccccc3)[C@H]21. The standard InChI is InChI=1S/C26H34/c1-25(2)23-17-20-26(24(23)25,18-9-15-21-11-5-3-6-12-21)19-10-16-22-13-7-4-8-14-22/h3-8,11-14,23-24H,9-10,15-20H2,1-2H3/t23-,24+/m0/s1. The lowest BCUT2D eigenvalue weighted by Crippen LogP contribution is -2.25. The van der Waals surface area contributed by atoms with Crippen LogP contribution in [-0.2, 0) is 12.8 Å². The largest absolute Gasteiger partial charge is 0.0622 e. The van der Waals surface area contributed by atoms with Crippen LogP contribution in [-0.4, -0.2) is 0 Å². The maximum absolute atomic E-state index is 2.53. The Morgan fingerprint density at radius 2 is 1.27 bits per heavy atom. The number of benzene rings is 2. The molecule has 2 atom stereocenters. The van der Waals surface area contributed by atoms with Gasteiger partial charge in [-0.15, -0.1) is 0 Å². The first-order chi connectivity index (χ1) is 12.6. The molecule has 0 N–H and O–H groups in total. The van der Waals surface area contributed by atoms with Crippen LogP contribution < -0.4 is 0 Å². The van der Waals surface area contributed by atoms with Gasteiger partial charge >= 0.3 is 0 Å². The molecular weight excluding hydrogens is 312 g/mol. The van der Waals surface area contributed by atoms with E-state index in [1.165, 1.54) is 62.5 Å². The molecule has 0 nitrogen and oxygen atoms in total. The van der Waals surface area contributed by atoms with Gasteiger partial charge in [0.15, 0.2) is 0 Å². The Kier molecular flexibility index (Phi) is 4.95. The van der Waals surface area contributed by atoms with Gasteiger partial charge in [0.1, 0.15) is 0 Å². The lowest BCUT2D eigenvalue weighted by Gasteiger charge is -2.34. The lowest BCUT2D eigenvalue weighted by atomic mass is 9.70. The molecule has 0 heterocycles. The molecule has 0 unspecified atom stereocenters. The summed E-state index contributed by atoms with van der Waals surface area (Å²) in [5.74, 6) is 2.00. The summed E-state index contributed by atoms with van der Waals surface area (Å²) in [6.07, 6.45) is 11.0. The summed E-state index contributed by atoms with van der Waals surface area (Å²) >= 11 is 0. The Morgan fingerprint density at radius 3 is 1.69 bits per heavy atom. The zero-order valence-electron chi connectivity index (χ0n) is 16.6. The Bertz CT molecular complexity index is 652. The summed E-state index contributed by atoms with van der Waals surface area (Å²) in [5.41, 5.74) is 4.25. The van der Waals surface area contributed by atoms with E-state index in [9.17, 15) is 0 Å². The van der Waals surface area contributed by atoms with Gasteiger partial charge < -0.3 is 0 Å². The zero-order chi connectivity index (χ0) is 18.0. The normalized spacial score (nSPS) is 25.0. The first-order valence-corrected chi connectivity index (χ1v) is 10.7. The van der Waals surface area contributed by atoms with Crippen molar-refractivity contribution in [1.29, 1.82) is 0 Å². The van der Waals surface area contributed by atoms with Crippen LogP contribution in [0.1, 0.15) is 63.5 Å². The van der Waals surface area contributed by atoms with Crippen LogP contribution >= 0.6 is 0 Å². The van der Waals surface area contributed by atoms with Crippen molar-refractivity contribution in [3.05, 3.63) is 71.8 Å². The fourth-order valence-corrected chi connectivity index (χ4v) is 6.36. The van der Waals surface area contributed by atoms with Gasteiger partial charge in [-0.3, -0.25) is 0 Å². The first kappa shape index (κ1) is 17.8. The maximum atomic E-state index is 2.53. The molecule has 2 aromatic rings. The predicted octanol–water partition coefficient (Wildman–Crippen LogP) is 7.08. The molecule has 4 rings (SSSR count). The van der Waals surface area contributed by atoms with Crippen LogP contribution in [0.2, 0.25) is 0 Å². The Balaban J connectivity index is 1.38. The number of hydrogen-bond acceptors (Lipinski definition) is 0. The maximum Gasteiger partial charge on any atom is -0.0261 e. The average molecular weight is 347 g/mol. The van der Waals surface area contributed by atoms with E-state index >= 15 is 0 Å². The minimum absolute atomic E-state index is 0.609. The number of hydrogen-bond donors (Lipinski definition) is 0. The predicted molar refractivity (Wildman–Crippen MR) is 111 cm³/mol. The second kappa shape index (κ2) is 7.22. The fourth-order valence-electron chi connectivity index (χ4n) is 6.36.